The predicted molar refractivity (Wildman–Crippen MR) is 102 cm³/mol. The predicted octanol–water partition coefficient (Wildman–Crippen LogP) is 2.07. The van der Waals surface area contributed by atoms with Crippen molar-refractivity contribution in [3.05, 3.63) is 41.5 Å². The molecule has 0 unspecified atom stereocenters. The Balaban J connectivity index is 1.62. The number of nitrogens with one attached hydrogen (secondary N) is 2. The van der Waals surface area contributed by atoms with E-state index in [0.717, 1.165) is 42.4 Å². The van der Waals surface area contributed by atoms with Gasteiger partial charge in [-0.15, -0.1) is 0 Å². The molecule has 3 aliphatic rings. The molecule has 2 aromatic carbocycles. The Bertz CT molecular complexity index is 978. The van der Waals surface area contributed by atoms with Gasteiger partial charge in [0.1, 0.15) is 6.04 Å². The topological polar surface area (TPSA) is 78.5 Å². The highest BCUT2D eigenvalue weighted by Gasteiger charge is 2.41. The van der Waals surface area contributed by atoms with Gasteiger partial charge in [0.15, 0.2) is 0 Å². The van der Waals surface area contributed by atoms with Gasteiger partial charge in [0.25, 0.3) is 5.91 Å². The molecule has 0 aliphatic carbocycles. The summed E-state index contributed by atoms with van der Waals surface area (Å²) in [6.45, 7) is 2.02. The Morgan fingerprint density at radius 3 is 2.56 bits per heavy atom. The molecule has 0 spiro atoms. The van der Waals surface area contributed by atoms with Gasteiger partial charge < -0.3 is 5.32 Å². The van der Waals surface area contributed by atoms with Crippen molar-refractivity contribution in [1.82, 2.24) is 10.6 Å². The third kappa shape index (κ3) is 2.47. The molecule has 2 N–H and O–H groups in total. The minimum atomic E-state index is -0.629. The van der Waals surface area contributed by atoms with Crippen LogP contribution in [0.5, 0.6) is 0 Å². The molecule has 5 rings (SSSR count). The zero-order valence-electron chi connectivity index (χ0n) is 15.0. The number of anilines is 1. The van der Waals surface area contributed by atoms with Gasteiger partial charge in [-0.25, -0.2) is 0 Å². The molecular weight excluding hydrogens is 342 g/mol. The molecule has 138 valence electrons. The molecule has 0 aromatic heterocycles. The normalized spacial score (nSPS) is 23.2. The number of hydrogen-bond acceptors (Lipinski definition) is 4. The maximum Gasteiger partial charge on any atom is 0.259 e. The Kier molecular flexibility index (Phi) is 3.75. The Morgan fingerprint density at radius 1 is 0.963 bits per heavy atom. The van der Waals surface area contributed by atoms with Crippen LogP contribution in [0.25, 0.3) is 10.8 Å². The van der Waals surface area contributed by atoms with Gasteiger partial charge in [-0.1, -0.05) is 18.2 Å². The van der Waals surface area contributed by atoms with Crippen molar-refractivity contribution in [3.63, 3.8) is 0 Å². The van der Waals surface area contributed by atoms with Crippen LogP contribution in [0.2, 0.25) is 0 Å². The second-order valence-electron chi connectivity index (χ2n) is 7.57. The van der Waals surface area contributed by atoms with E-state index in [1.807, 2.05) is 18.2 Å². The van der Waals surface area contributed by atoms with E-state index in [2.05, 4.69) is 22.8 Å². The van der Waals surface area contributed by atoms with Crippen LogP contribution in [0.15, 0.2) is 30.3 Å². The van der Waals surface area contributed by atoms with Crippen molar-refractivity contribution < 1.29 is 14.4 Å². The van der Waals surface area contributed by atoms with Crippen LogP contribution >= 0.6 is 0 Å². The Hall–Kier alpha value is -2.73. The third-order valence-electron chi connectivity index (χ3n) is 6.06. The Morgan fingerprint density at radius 2 is 1.78 bits per heavy atom. The molecule has 3 heterocycles. The van der Waals surface area contributed by atoms with Crippen molar-refractivity contribution in [3.8, 4) is 0 Å². The lowest BCUT2D eigenvalue weighted by Gasteiger charge is -2.30. The number of amides is 3. The lowest BCUT2D eigenvalue weighted by atomic mass is 9.86. The summed E-state index contributed by atoms with van der Waals surface area (Å²) in [5.41, 5.74) is 2.73. The number of benzene rings is 2. The Labute approximate surface area is 156 Å². The number of nitrogens with zero attached hydrogens (tertiary/aromatic N) is 1. The van der Waals surface area contributed by atoms with E-state index in [0.29, 0.717) is 17.9 Å². The number of imide groups is 1. The number of piperidine rings is 2. The van der Waals surface area contributed by atoms with Gasteiger partial charge in [0.2, 0.25) is 11.8 Å². The maximum atomic E-state index is 13.1. The van der Waals surface area contributed by atoms with Crippen molar-refractivity contribution >= 4 is 34.2 Å². The van der Waals surface area contributed by atoms with Crippen molar-refractivity contribution in [2.24, 2.45) is 0 Å². The van der Waals surface area contributed by atoms with E-state index in [1.165, 1.54) is 5.56 Å². The van der Waals surface area contributed by atoms with Gasteiger partial charge in [-0.2, -0.15) is 0 Å². The lowest BCUT2D eigenvalue weighted by Crippen LogP contribution is -2.53. The average Bonchev–Trinajstić information content (AvgIpc) is 2.97. The first kappa shape index (κ1) is 16.4. The van der Waals surface area contributed by atoms with Gasteiger partial charge in [-0.3, -0.25) is 24.6 Å². The summed E-state index contributed by atoms with van der Waals surface area (Å²) in [5.74, 6) is -0.322. The molecule has 2 aromatic rings. The summed E-state index contributed by atoms with van der Waals surface area (Å²) in [5, 5.41) is 7.83. The fourth-order valence-electron chi connectivity index (χ4n) is 4.76. The van der Waals surface area contributed by atoms with E-state index in [4.69, 9.17) is 0 Å². The highest BCUT2D eigenvalue weighted by atomic mass is 16.2. The smallest absolute Gasteiger partial charge is 0.259 e. The first-order valence-corrected chi connectivity index (χ1v) is 9.59. The zero-order chi connectivity index (χ0) is 18.5. The van der Waals surface area contributed by atoms with Crippen LogP contribution in [0.4, 0.5) is 5.69 Å². The quantitative estimate of drug-likeness (QED) is 0.801. The molecule has 1 atom stereocenters. The average molecular weight is 363 g/mol. The molecule has 27 heavy (non-hydrogen) atoms. The van der Waals surface area contributed by atoms with Crippen LogP contribution in [-0.4, -0.2) is 36.9 Å². The minimum Gasteiger partial charge on any atom is -0.317 e. The molecule has 3 amide bonds. The van der Waals surface area contributed by atoms with Crippen LogP contribution in [0.3, 0.4) is 0 Å². The largest absolute Gasteiger partial charge is 0.317 e. The molecule has 6 heteroatoms. The number of carbonyl (C=O) groups is 3. The van der Waals surface area contributed by atoms with E-state index < -0.39 is 6.04 Å². The second-order valence-corrected chi connectivity index (χ2v) is 7.57. The maximum absolute atomic E-state index is 13.1. The standard InChI is InChI=1S/C21H21N3O3/c25-18-7-6-17(20(26)23-18)24-16-5-4-13(12-8-10-22-11-9-12)14-2-1-3-15(19(14)16)21(24)27/h1-5,12,17,22H,6-11H2,(H,23,25,26)/t17-/m0/s1. The zero-order valence-corrected chi connectivity index (χ0v) is 15.0. The fourth-order valence-corrected chi connectivity index (χ4v) is 4.76. The summed E-state index contributed by atoms with van der Waals surface area (Å²) in [7, 11) is 0. The molecule has 0 radical (unpaired) electrons. The van der Waals surface area contributed by atoms with E-state index >= 15 is 0 Å². The fraction of sp³-hybridized carbons (Fsp3) is 0.381. The van der Waals surface area contributed by atoms with Gasteiger partial charge >= 0.3 is 0 Å². The molecular formula is C21H21N3O3. The summed E-state index contributed by atoms with van der Waals surface area (Å²) in [4.78, 5) is 38.6. The van der Waals surface area contributed by atoms with E-state index in [-0.39, 0.29) is 24.1 Å². The minimum absolute atomic E-state index is 0.146. The highest BCUT2D eigenvalue weighted by Crippen LogP contribution is 2.43. The van der Waals surface area contributed by atoms with Gasteiger partial charge in [-0.05, 0) is 61.4 Å². The monoisotopic (exact) mass is 363 g/mol. The summed E-state index contributed by atoms with van der Waals surface area (Å²) in [6, 6.07) is 9.33. The van der Waals surface area contributed by atoms with Crippen LogP contribution in [0, 0.1) is 0 Å². The molecule has 3 aliphatic heterocycles. The second kappa shape index (κ2) is 6.16. The van der Waals surface area contributed by atoms with Gasteiger partial charge in [0.05, 0.1) is 5.69 Å². The summed E-state index contributed by atoms with van der Waals surface area (Å²) >= 11 is 0. The molecule has 6 nitrogen and oxygen atoms in total. The lowest BCUT2D eigenvalue weighted by molar-refractivity contribution is -0.134. The summed E-state index contributed by atoms with van der Waals surface area (Å²) < 4.78 is 0. The summed E-state index contributed by atoms with van der Waals surface area (Å²) in [6.07, 6.45) is 2.79. The van der Waals surface area contributed by atoms with Crippen LogP contribution in [-0.2, 0) is 9.59 Å². The third-order valence-corrected chi connectivity index (χ3v) is 6.06. The van der Waals surface area contributed by atoms with Crippen LogP contribution in [0.1, 0.15) is 47.5 Å². The van der Waals surface area contributed by atoms with Gasteiger partial charge in [0, 0.05) is 17.4 Å². The van der Waals surface area contributed by atoms with Crippen molar-refractivity contribution in [2.75, 3.05) is 18.0 Å². The number of rotatable bonds is 2. The molecule has 2 fully saturated rings. The number of hydrogen-bond donors (Lipinski definition) is 2. The van der Waals surface area contributed by atoms with Crippen LogP contribution < -0.4 is 15.5 Å². The molecule has 2 saturated heterocycles. The first-order valence-electron chi connectivity index (χ1n) is 9.59. The molecule has 0 bridgehead atoms. The first-order chi connectivity index (χ1) is 13.1. The van der Waals surface area contributed by atoms with E-state index in [1.54, 1.807) is 4.90 Å². The van der Waals surface area contributed by atoms with E-state index in [9.17, 15) is 14.4 Å². The highest BCUT2D eigenvalue weighted by molar-refractivity contribution is 6.27. The SMILES string of the molecule is O=C1CC[C@H](N2C(=O)c3cccc4c(C5CCNCC5)ccc2c34)C(=O)N1. The number of carbonyl (C=O) groups excluding carboxylic acids is 3. The van der Waals surface area contributed by atoms with Crippen molar-refractivity contribution in [2.45, 2.75) is 37.6 Å². The van der Waals surface area contributed by atoms with Crippen molar-refractivity contribution in [1.29, 1.82) is 0 Å². The molecule has 0 saturated carbocycles.